The molecule has 1 saturated heterocycles. The van der Waals surface area contributed by atoms with Crippen molar-refractivity contribution in [3.05, 3.63) is 81.0 Å². The van der Waals surface area contributed by atoms with Crippen LogP contribution in [0.3, 0.4) is 0 Å². The van der Waals surface area contributed by atoms with E-state index in [9.17, 15) is 4.79 Å². The molecule has 1 fully saturated rings. The molecule has 0 N–H and O–H groups in total. The van der Waals surface area contributed by atoms with E-state index in [0.29, 0.717) is 0 Å². The van der Waals surface area contributed by atoms with Gasteiger partial charge in [-0.2, -0.15) is 0 Å². The Morgan fingerprint density at radius 1 is 1.12 bits per heavy atom. The Hall–Kier alpha value is -2.10. The largest absolute Gasteiger partial charge is 0.332 e. The van der Waals surface area contributed by atoms with Gasteiger partial charge < -0.3 is 4.90 Å². The van der Waals surface area contributed by atoms with Gasteiger partial charge in [0, 0.05) is 22.0 Å². The lowest BCUT2D eigenvalue weighted by Gasteiger charge is -2.26. The van der Waals surface area contributed by atoms with E-state index in [0.717, 1.165) is 41.1 Å². The second-order valence-electron chi connectivity index (χ2n) is 6.65. The van der Waals surface area contributed by atoms with E-state index in [1.54, 1.807) is 11.3 Å². The number of thiophene rings is 1. The predicted octanol–water partition coefficient (Wildman–Crippen LogP) is 6.35. The smallest absolute Gasteiger partial charge is 0.254 e. The third-order valence-corrected chi connectivity index (χ3v) is 6.27. The maximum atomic E-state index is 13.1. The van der Waals surface area contributed by atoms with E-state index < -0.39 is 0 Å². The van der Waals surface area contributed by atoms with Crippen LogP contribution in [-0.2, 0) is 0 Å². The number of rotatable bonds is 3. The molecule has 4 rings (SSSR count). The molecule has 0 radical (unpaired) electrons. The van der Waals surface area contributed by atoms with Crippen LogP contribution in [0.5, 0.6) is 0 Å². The summed E-state index contributed by atoms with van der Waals surface area (Å²) in [6.07, 6.45) is 1.97. The summed E-state index contributed by atoms with van der Waals surface area (Å²) in [4.78, 5) is 16.3. The maximum absolute atomic E-state index is 13.1. The SMILES string of the molecule is Cc1sccc1-c1ccc(C(=O)N2CCC[C@@H]2c2ccccc2Cl)cc1. The van der Waals surface area contributed by atoms with E-state index in [1.165, 1.54) is 10.4 Å². The molecule has 1 aromatic heterocycles. The summed E-state index contributed by atoms with van der Waals surface area (Å²) in [7, 11) is 0. The zero-order valence-electron chi connectivity index (χ0n) is 14.6. The van der Waals surface area contributed by atoms with E-state index in [4.69, 9.17) is 11.6 Å². The molecule has 1 atom stereocenters. The molecule has 132 valence electrons. The lowest BCUT2D eigenvalue weighted by Crippen LogP contribution is -2.30. The minimum Gasteiger partial charge on any atom is -0.332 e. The van der Waals surface area contributed by atoms with Crippen LogP contribution >= 0.6 is 22.9 Å². The molecule has 2 aromatic carbocycles. The Morgan fingerprint density at radius 3 is 2.58 bits per heavy atom. The number of benzene rings is 2. The quantitative estimate of drug-likeness (QED) is 0.517. The Labute approximate surface area is 163 Å². The van der Waals surface area contributed by atoms with Gasteiger partial charge in [-0.05, 0) is 66.1 Å². The highest BCUT2D eigenvalue weighted by Gasteiger charge is 2.31. The molecule has 2 heterocycles. The molecule has 1 aliphatic heterocycles. The average Bonchev–Trinajstić information content (AvgIpc) is 3.31. The number of likely N-dealkylation sites (tertiary alicyclic amines) is 1. The monoisotopic (exact) mass is 381 g/mol. The summed E-state index contributed by atoms with van der Waals surface area (Å²) in [6.45, 7) is 2.90. The fourth-order valence-electron chi connectivity index (χ4n) is 3.72. The van der Waals surface area contributed by atoms with Crippen molar-refractivity contribution < 1.29 is 4.79 Å². The molecular weight excluding hydrogens is 362 g/mol. The van der Waals surface area contributed by atoms with E-state index >= 15 is 0 Å². The molecule has 4 heteroatoms. The number of carbonyl (C=O) groups excluding carboxylic acids is 1. The van der Waals surface area contributed by atoms with Gasteiger partial charge in [-0.15, -0.1) is 11.3 Å². The second kappa shape index (κ2) is 7.26. The Bertz CT molecular complexity index is 931. The van der Waals surface area contributed by atoms with Gasteiger partial charge in [-0.1, -0.05) is 41.9 Å². The maximum Gasteiger partial charge on any atom is 0.254 e. The van der Waals surface area contributed by atoms with Crippen molar-refractivity contribution in [3.63, 3.8) is 0 Å². The molecular formula is C22H20ClNOS. The normalized spacial score (nSPS) is 16.8. The molecule has 1 aliphatic rings. The summed E-state index contributed by atoms with van der Waals surface area (Å²) in [5.41, 5.74) is 4.18. The van der Waals surface area contributed by atoms with Gasteiger partial charge in [0.05, 0.1) is 6.04 Å². The van der Waals surface area contributed by atoms with Crippen molar-refractivity contribution in [1.29, 1.82) is 0 Å². The summed E-state index contributed by atoms with van der Waals surface area (Å²) in [5, 5.41) is 2.84. The fraction of sp³-hybridized carbons (Fsp3) is 0.227. The minimum atomic E-state index is 0.0648. The fourth-order valence-corrected chi connectivity index (χ4v) is 4.70. The molecule has 0 spiro atoms. The number of nitrogens with zero attached hydrogens (tertiary/aromatic N) is 1. The number of halogens is 1. The van der Waals surface area contributed by atoms with E-state index in [1.807, 2.05) is 53.4 Å². The molecule has 0 bridgehead atoms. The van der Waals surface area contributed by atoms with Crippen molar-refractivity contribution in [1.82, 2.24) is 4.90 Å². The molecule has 0 aliphatic carbocycles. The van der Waals surface area contributed by atoms with Crippen LogP contribution in [0.1, 0.15) is 39.7 Å². The zero-order chi connectivity index (χ0) is 18.1. The van der Waals surface area contributed by atoms with Crippen molar-refractivity contribution in [2.75, 3.05) is 6.54 Å². The van der Waals surface area contributed by atoms with Crippen molar-refractivity contribution in [2.24, 2.45) is 0 Å². The predicted molar refractivity (Wildman–Crippen MR) is 109 cm³/mol. The van der Waals surface area contributed by atoms with E-state index in [2.05, 4.69) is 18.4 Å². The Morgan fingerprint density at radius 2 is 1.88 bits per heavy atom. The summed E-state index contributed by atoms with van der Waals surface area (Å²) in [5.74, 6) is 0.0843. The number of carbonyl (C=O) groups is 1. The van der Waals surface area contributed by atoms with Crippen LogP contribution < -0.4 is 0 Å². The van der Waals surface area contributed by atoms with E-state index in [-0.39, 0.29) is 11.9 Å². The van der Waals surface area contributed by atoms with Gasteiger partial charge >= 0.3 is 0 Å². The number of amides is 1. The third-order valence-electron chi connectivity index (χ3n) is 5.08. The van der Waals surface area contributed by atoms with Crippen LogP contribution in [0.2, 0.25) is 5.02 Å². The lowest BCUT2D eigenvalue weighted by molar-refractivity contribution is 0.0736. The van der Waals surface area contributed by atoms with Crippen LogP contribution in [0, 0.1) is 6.92 Å². The van der Waals surface area contributed by atoms with Gasteiger partial charge in [0.25, 0.3) is 5.91 Å². The third kappa shape index (κ3) is 3.17. The first-order chi connectivity index (χ1) is 12.6. The standard InChI is InChI=1S/C22H20ClNOS/c1-15-18(12-14-26-15)16-8-10-17(11-9-16)22(25)24-13-4-7-21(24)19-5-2-3-6-20(19)23/h2-3,5-6,8-12,14,21H,4,7,13H2,1H3/t21-/m1/s1. The topological polar surface area (TPSA) is 20.3 Å². The van der Waals surface area contributed by atoms with Gasteiger partial charge in [-0.25, -0.2) is 0 Å². The van der Waals surface area contributed by atoms with Crippen molar-refractivity contribution >= 4 is 28.8 Å². The molecule has 0 unspecified atom stereocenters. The lowest BCUT2D eigenvalue weighted by atomic mass is 10.0. The van der Waals surface area contributed by atoms with Gasteiger partial charge in [0.15, 0.2) is 0 Å². The minimum absolute atomic E-state index is 0.0648. The highest BCUT2D eigenvalue weighted by atomic mass is 35.5. The molecule has 0 saturated carbocycles. The number of aryl methyl sites for hydroxylation is 1. The summed E-state index contributed by atoms with van der Waals surface area (Å²) < 4.78 is 0. The molecule has 26 heavy (non-hydrogen) atoms. The number of hydrogen-bond acceptors (Lipinski definition) is 2. The summed E-state index contributed by atoms with van der Waals surface area (Å²) >= 11 is 8.12. The van der Waals surface area contributed by atoms with Crippen molar-refractivity contribution in [2.45, 2.75) is 25.8 Å². The first kappa shape index (κ1) is 17.3. The van der Waals surface area contributed by atoms with Crippen LogP contribution in [0.4, 0.5) is 0 Å². The summed E-state index contributed by atoms with van der Waals surface area (Å²) in [6, 6.07) is 18.0. The van der Waals surface area contributed by atoms with Gasteiger partial charge in [0.1, 0.15) is 0 Å². The Balaban J connectivity index is 1.59. The van der Waals surface area contributed by atoms with Gasteiger partial charge in [0.2, 0.25) is 0 Å². The van der Waals surface area contributed by atoms with Gasteiger partial charge in [-0.3, -0.25) is 4.79 Å². The first-order valence-corrected chi connectivity index (χ1v) is 10.1. The zero-order valence-corrected chi connectivity index (χ0v) is 16.2. The first-order valence-electron chi connectivity index (χ1n) is 8.85. The molecule has 2 nitrogen and oxygen atoms in total. The average molecular weight is 382 g/mol. The Kier molecular flexibility index (Phi) is 4.84. The second-order valence-corrected chi connectivity index (χ2v) is 8.17. The highest BCUT2D eigenvalue weighted by molar-refractivity contribution is 7.10. The van der Waals surface area contributed by atoms with Crippen molar-refractivity contribution in [3.8, 4) is 11.1 Å². The van der Waals surface area contributed by atoms with Crippen LogP contribution in [-0.4, -0.2) is 17.4 Å². The molecule has 1 amide bonds. The van der Waals surface area contributed by atoms with Crippen LogP contribution in [0.15, 0.2) is 60.0 Å². The molecule has 3 aromatic rings. The number of hydrogen-bond donors (Lipinski definition) is 0. The highest BCUT2D eigenvalue weighted by Crippen LogP contribution is 2.37. The van der Waals surface area contributed by atoms with Crippen LogP contribution in [0.25, 0.3) is 11.1 Å².